The largest absolute Gasteiger partial charge is 0.476 e. The van der Waals surface area contributed by atoms with E-state index in [1.54, 1.807) is 13.8 Å². The van der Waals surface area contributed by atoms with Crippen LogP contribution in [0.3, 0.4) is 0 Å². The molecule has 1 heterocycles. The van der Waals surface area contributed by atoms with Gasteiger partial charge in [0.25, 0.3) is 0 Å². The first-order valence-corrected chi connectivity index (χ1v) is 6.19. The number of aromatic carboxylic acids is 1. The fraction of sp³-hybridized carbons (Fsp3) is 0.214. The molecule has 0 bridgehead atoms. The summed E-state index contributed by atoms with van der Waals surface area (Å²) in [6.45, 7) is 3.51. The van der Waals surface area contributed by atoms with Crippen LogP contribution in [0.2, 0.25) is 0 Å². The molecule has 0 radical (unpaired) electrons. The van der Waals surface area contributed by atoms with Crippen molar-refractivity contribution < 1.29 is 23.8 Å². The standard InChI is InChI=1S/C14H13FN2O4/c1-8(2)17-12(7-11(16-17)13(18)19)14(20)21-10-5-3-9(15)4-6-10/h3-8H,1-2H3,(H,18,19). The van der Waals surface area contributed by atoms with Crippen LogP contribution in [0.4, 0.5) is 4.39 Å². The van der Waals surface area contributed by atoms with E-state index in [0.717, 1.165) is 18.2 Å². The number of nitrogens with zero attached hydrogens (tertiary/aromatic N) is 2. The van der Waals surface area contributed by atoms with Gasteiger partial charge in [-0.3, -0.25) is 4.68 Å². The summed E-state index contributed by atoms with van der Waals surface area (Å²) >= 11 is 0. The van der Waals surface area contributed by atoms with Crippen LogP contribution >= 0.6 is 0 Å². The van der Waals surface area contributed by atoms with E-state index in [0.29, 0.717) is 0 Å². The van der Waals surface area contributed by atoms with Crippen molar-refractivity contribution in [3.8, 4) is 5.75 Å². The van der Waals surface area contributed by atoms with E-state index in [9.17, 15) is 14.0 Å². The Balaban J connectivity index is 2.29. The lowest BCUT2D eigenvalue weighted by Gasteiger charge is -2.10. The van der Waals surface area contributed by atoms with Crippen LogP contribution in [0, 0.1) is 5.82 Å². The number of ether oxygens (including phenoxy) is 1. The number of carbonyl (C=O) groups excluding carboxylic acids is 1. The Hall–Kier alpha value is -2.70. The number of esters is 1. The monoisotopic (exact) mass is 292 g/mol. The second-order valence-electron chi connectivity index (χ2n) is 4.60. The van der Waals surface area contributed by atoms with Gasteiger partial charge < -0.3 is 9.84 Å². The Labute approximate surface area is 119 Å². The number of carboxylic acids is 1. The SMILES string of the molecule is CC(C)n1nc(C(=O)O)cc1C(=O)Oc1ccc(F)cc1. The molecule has 6 nitrogen and oxygen atoms in total. The normalized spacial score (nSPS) is 10.7. The minimum absolute atomic E-state index is 0.0201. The zero-order valence-electron chi connectivity index (χ0n) is 11.4. The van der Waals surface area contributed by atoms with Crippen molar-refractivity contribution in [3.05, 3.63) is 47.5 Å². The summed E-state index contributed by atoms with van der Waals surface area (Å²) in [6.07, 6.45) is 0. The van der Waals surface area contributed by atoms with Gasteiger partial charge in [0.1, 0.15) is 17.3 Å². The van der Waals surface area contributed by atoms with Crippen molar-refractivity contribution >= 4 is 11.9 Å². The van der Waals surface area contributed by atoms with Gasteiger partial charge in [-0.15, -0.1) is 0 Å². The van der Waals surface area contributed by atoms with E-state index >= 15 is 0 Å². The van der Waals surface area contributed by atoms with Gasteiger partial charge in [0.2, 0.25) is 0 Å². The number of benzene rings is 1. The number of aromatic nitrogens is 2. The summed E-state index contributed by atoms with van der Waals surface area (Å²) in [6, 6.07) is 5.86. The van der Waals surface area contributed by atoms with Gasteiger partial charge >= 0.3 is 11.9 Å². The van der Waals surface area contributed by atoms with E-state index in [4.69, 9.17) is 9.84 Å². The molecule has 1 aromatic carbocycles. The van der Waals surface area contributed by atoms with Crippen LogP contribution in [0.1, 0.15) is 40.9 Å². The van der Waals surface area contributed by atoms with Gasteiger partial charge in [-0.25, -0.2) is 14.0 Å². The average molecular weight is 292 g/mol. The smallest absolute Gasteiger partial charge is 0.362 e. The van der Waals surface area contributed by atoms with Crippen LogP contribution in [-0.4, -0.2) is 26.8 Å². The highest BCUT2D eigenvalue weighted by Crippen LogP contribution is 2.16. The van der Waals surface area contributed by atoms with Crippen LogP contribution in [0.5, 0.6) is 5.75 Å². The Morgan fingerprint density at radius 3 is 2.43 bits per heavy atom. The quantitative estimate of drug-likeness (QED) is 0.691. The third kappa shape index (κ3) is 3.25. The lowest BCUT2D eigenvalue weighted by Crippen LogP contribution is -2.17. The summed E-state index contributed by atoms with van der Waals surface area (Å²) in [4.78, 5) is 23.0. The highest BCUT2D eigenvalue weighted by atomic mass is 19.1. The third-order valence-corrected chi connectivity index (χ3v) is 2.68. The summed E-state index contributed by atoms with van der Waals surface area (Å²) in [7, 11) is 0. The van der Waals surface area contributed by atoms with Gasteiger partial charge in [0.05, 0.1) is 0 Å². The molecule has 0 aliphatic carbocycles. The van der Waals surface area contributed by atoms with Gasteiger partial charge in [0.15, 0.2) is 5.69 Å². The number of halogens is 1. The van der Waals surface area contributed by atoms with E-state index in [1.165, 1.54) is 16.8 Å². The molecule has 1 aromatic heterocycles. The first-order chi connectivity index (χ1) is 9.88. The summed E-state index contributed by atoms with van der Waals surface area (Å²) in [5, 5.41) is 12.8. The second-order valence-corrected chi connectivity index (χ2v) is 4.60. The molecule has 0 unspecified atom stereocenters. The fourth-order valence-corrected chi connectivity index (χ4v) is 1.71. The highest BCUT2D eigenvalue weighted by molar-refractivity contribution is 5.93. The highest BCUT2D eigenvalue weighted by Gasteiger charge is 2.21. The number of carboxylic acid groups (broad SMARTS) is 1. The fourth-order valence-electron chi connectivity index (χ4n) is 1.71. The van der Waals surface area contributed by atoms with Crippen LogP contribution < -0.4 is 4.74 Å². The average Bonchev–Trinajstić information content (AvgIpc) is 2.87. The Bertz CT molecular complexity index is 677. The minimum Gasteiger partial charge on any atom is -0.476 e. The first kappa shape index (κ1) is 14.7. The predicted molar refractivity (Wildman–Crippen MR) is 70.9 cm³/mol. The summed E-state index contributed by atoms with van der Waals surface area (Å²) in [5.74, 6) is -2.27. The lowest BCUT2D eigenvalue weighted by molar-refractivity contribution is 0.0686. The zero-order valence-corrected chi connectivity index (χ0v) is 11.4. The third-order valence-electron chi connectivity index (χ3n) is 2.68. The molecule has 2 aromatic rings. The van der Waals surface area contributed by atoms with E-state index in [-0.39, 0.29) is 23.2 Å². The summed E-state index contributed by atoms with van der Waals surface area (Å²) in [5.41, 5.74) is -0.221. The molecule has 1 N–H and O–H groups in total. The van der Waals surface area contributed by atoms with Crippen molar-refractivity contribution in [3.63, 3.8) is 0 Å². The molecule has 2 rings (SSSR count). The minimum atomic E-state index is -1.23. The summed E-state index contributed by atoms with van der Waals surface area (Å²) < 4.78 is 19.1. The van der Waals surface area contributed by atoms with Crippen molar-refractivity contribution in [2.24, 2.45) is 0 Å². The Morgan fingerprint density at radius 2 is 1.90 bits per heavy atom. The van der Waals surface area contributed by atoms with Gasteiger partial charge in [-0.1, -0.05) is 0 Å². The Morgan fingerprint density at radius 1 is 1.29 bits per heavy atom. The van der Waals surface area contributed by atoms with Gasteiger partial charge in [-0.2, -0.15) is 5.10 Å². The number of rotatable bonds is 4. The van der Waals surface area contributed by atoms with Gasteiger partial charge in [-0.05, 0) is 38.1 Å². The maximum absolute atomic E-state index is 12.8. The lowest BCUT2D eigenvalue weighted by atomic mass is 10.3. The predicted octanol–water partition coefficient (Wildman–Crippen LogP) is 2.52. The number of hydrogen-bond donors (Lipinski definition) is 1. The van der Waals surface area contributed by atoms with Gasteiger partial charge in [0, 0.05) is 12.1 Å². The van der Waals surface area contributed by atoms with E-state index in [2.05, 4.69) is 5.10 Å². The molecule has 0 aliphatic rings. The van der Waals surface area contributed by atoms with Crippen molar-refractivity contribution in [2.45, 2.75) is 19.9 Å². The van der Waals surface area contributed by atoms with Crippen LogP contribution in [0.15, 0.2) is 30.3 Å². The topological polar surface area (TPSA) is 81.4 Å². The molecular formula is C14H13FN2O4. The van der Waals surface area contributed by atoms with Crippen LogP contribution in [-0.2, 0) is 0 Å². The molecule has 0 saturated heterocycles. The van der Waals surface area contributed by atoms with Crippen molar-refractivity contribution in [1.29, 1.82) is 0 Å². The van der Waals surface area contributed by atoms with E-state index in [1.807, 2.05) is 0 Å². The van der Waals surface area contributed by atoms with Crippen LogP contribution in [0.25, 0.3) is 0 Å². The molecular weight excluding hydrogens is 279 g/mol. The van der Waals surface area contributed by atoms with Crippen molar-refractivity contribution in [1.82, 2.24) is 9.78 Å². The maximum Gasteiger partial charge on any atom is 0.362 e. The molecule has 21 heavy (non-hydrogen) atoms. The number of carbonyl (C=O) groups is 2. The first-order valence-electron chi connectivity index (χ1n) is 6.19. The van der Waals surface area contributed by atoms with Crippen molar-refractivity contribution in [2.75, 3.05) is 0 Å². The number of hydrogen-bond acceptors (Lipinski definition) is 4. The zero-order chi connectivity index (χ0) is 15.6. The maximum atomic E-state index is 12.8. The second kappa shape index (κ2) is 5.74. The molecule has 7 heteroatoms. The Kier molecular flexibility index (Phi) is 4.02. The molecule has 0 aliphatic heterocycles. The van der Waals surface area contributed by atoms with E-state index < -0.39 is 17.8 Å². The molecule has 0 saturated carbocycles. The molecule has 0 spiro atoms. The molecule has 0 amide bonds. The molecule has 110 valence electrons. The molecule has 0 fully saturated rings. The molecule has 0 atom stereocenters.